The Labute approximate surface area is 282 Å². The largest absolute Gasteiger partial charge is 0.434 e. The monoisotopic (exact) mass is 654 g/mol. The normalized spacial score (nSPS) is 29.1. The maximum Gasteiger partial charge on any atom is 0.282 e. The maximum atomic E-state index is 14.6. The lowest BCUT2D eigenvalue weighted by atomic mass is 9.68. The van der Waals surface area contributed by atoms with Gasteiger partial charge in [0.05, 0.1) is 5.60 Å². The van der Waals surface area contributed by atoms with Gasteiger partial charge in [0.25, 0.3) is 5.88 Å². The lowest BCUT2D eigenvalue weighted by Crippen LogP contribution is -2.65. The van der Waals surface area contributed by atoms with Gasteiger partial charge in [0.2, 0.25) is 0 Å². The predicted molar refractivity (Wildman–Crippen MR) is 179 cm³/mol. The van der Waals surface area contributed by atoms with Crippen LogP contribution in [0.1, 0.15) is 76.7 Å². The van der Waals surface area contributed by atoms with Gasteiger partial charge in [-0.3, -0.25) is 9.80 Å². The second-order valence-electron chi connectivity index (χ2n) is 16.0. The van der Waals surface area contributed by atoms with E-state index in [0.717, 1.165) is 76.1 Å². The summed E-state index contributed by atoms with van der Waals surface area (Å²) in [7, 11) is 0. The fourth-order valence-corrected chi connectivity index (χ4v) is 9.83. The average Bonchev–Trinajstić information content (AvgIpc) is 3.43. The predicted octanol–water partition coefficient (Wildman–Crippen LogP) is 5.71. The van der Waals surface area contributed by atoms with Crippen molar-refractivity contribution in [1.82, 2.24) is 35.2 Å². The molecule has 2 aliphatic carbocycles. The maximum absolute atomic E-state index is 14.6. The average molecular weight is 655 g/mol. The first kappa shape index (κ1) is 30.8. The highest BCUT2D eigenvalue weighted by Crippen LogP contribution is 2.50. The van der Waals surface area contributed by atoms with Crippen molar-refractivity contribution in [2.75, 3.05) is 50.8 Å². The summed E-state index contributed by atoms with van der Waals surface area (Å²) in [5.74, 6) is 2.99. The van der Waals surface area contributed by atoms with E-state index in [1.807, 2.05) is 6.07 Å². The number of halogens is 1. The quantitative estimate of drug-likeness (QED) is 0.286. The second kappa shape index (κ2) is 11.9. The molecule has 2 atom stereocenters. The van der Waals surface area contributed by atoms with E-state index >= 15 is 0 Å². The van der Waals surface area contributed by atoms with Crippen molar-refractivity contribution in [2.45, 2.75) is 88.8 Å². The molecule has 6 aliphatic rings. The molecule has 6 heterocycles. The van der Waals surface area contributed by atoms with E-state index in [1.165, 1.54) is 57.1 Å². The van der Waals surface area contributed by atoms with Crippen molar-refractivity contribution in [3.05, 3.63) is 48.2 Å². The van der Waals surface area contributed by atoms with Gasteiger partial charge in [-0.25, -0.2) is 9.37 Å². The molecule has 48 heavy (non-hydrogen) atoms. The summed E-state index contributed by atoms with van der Waals surface area (Å²) in [4.78, 5) is 12.5. The molecule has 2 aromatic heterocycles. The fraction of sp³-hybridized carbons (Fsp3) is 0.649. The van der Waals surface area contributed by atoms with Crippen LogP contribution in [0.15, 0.2) is 36.8 Å². The molecular formula is C37H47FN8O2. The minimum atomic E-state index is -0.349. The molecule has 2 spiro atoms. The molecule has 6 fully saturated rings. The molecule has 11 heteroatoms. The van der Waals surface area contributed by atoms with E-state index in [9.17, 15) is 4.39 Å². The Balaban J connectivity index is 0.863. The summed E-state index contributed by atoms with van der Waals surface area (Å²) < 4.78 is 27.2. The first-order chi connectivity index (χ1) is 23.4. The summed E-state index contributed by atoms with van der Waals surface area (Å²) >= 11 is 0. The Hall–Kier alpha value is -3.28. The van der Waals surface area contributed by atoms with Gasteiger partial charge >= 0.3 is 0 Å². The Morgan fingerprint density at radius 2 is 1.85 bits per heavy atom. The Kier molecular flexibility index (Phi) is 7.66. The molecule has 1 unspecified atom stereocenters. The molecule has 254 valence electrons. The van der Waals surface area contributed by atoms with Crippen LogP contribution in [0.3, 0.4) is 0 Å². The van der Waals surface area contributed by atoms with Gasteiger partial charge in [-0.15, -0.1) is 10.2 Å². The van der Waals surface area contributed by atoms with Crippen LogP contribution in [0.2, 0.25) is 0 Å². The van der Waals surface area contributed by atoms with Crippen molar-refractivity contribution in [3.8, 4) is 22.9 Å². The number of aromatic nitrogens is 5. The molecule has 2 saturated carbocycles. The van der Waals surface area contributed by atoms with Crippen LogP contribution in [0.25, 0.3) is 11.3 Å². The van der Waals surface area contributed by atoms with E-state index in [2.05, 4.69) is 53.9 Å². The van der Waals surface area contributed by atoms with Crippen LogP contribution in [-0.2, 0) is 4.74 Å². The molecule has 0 N–H and O–H groups in total. The lowest BCUT2D eigenvalue weighted by Gasteiger charge is -2.57. The molecular weight excluding hydrogens is 607 g/mol. The molecule has 1 aromatic carbocycles. The molecule has 0 bridgehead atoms. The third-order valence-electron chi connectivity index (χ3n) is 12.3. The first-order valence-electron chi connectivity index (χ1n) is 18.2. The van der Waals surface area contributed by atoms with Crippen LogP contribution in [0.5, 0.6) is 11.6 Å². The smallest absolute Gasteiger partial charge is 0.282 e. The highest BCUT2D eigenvalue weighted by molar-refractivity contribution is 5.71. The Bertz CT molecular complexity index is 1650. The van der Waals surface area contributed by atoms with Crippen LogP contribution < -0.4 is 9.64 Å². The third kappa shape index (κ3) is 5.55. The number of benzene rings is 1. The number of nitrogens with zero attached hydrogens (tertiary/aromatic N) is 8. The number of anilines is 1. The van der Waals surface area contributed by atoms with Crippen molar-refractivity contribution in [3.63, 3.8) is 0 Å². The standard InChI is InChI=1S/C37H47FN8O2/c1-24(2)33(26-16-28(17-26)44-14-11-37(22-44)9-3-15-47-37)46-20-36(21-46)10-13-45(19-36)34-35(43-41-23-39-34)48-31-7-6-27(38)18-30(31)32-29(25-4-5-25)8-12-40-42-32/h6-8,12,18,23-26,28,33H,3-5,9-11,13-17,19-22H2,1-2H3/t26?,28?,33-,37?/m0/s1. The summed E-state index contributed by atoms with van der Waals surface area (Å²) in [6.07, 6.45) is 12.9. The third-order valence-corrected chi connectivity index (χ3v) is 12.3. The summed E-state index contributed by atoms with van der Waals surface area (Å²) in [6, 6.07) is 7.88. The first-order valence-corrected chi connectivity index (χ1v) is 18.2. The summed E-state index contributed by atoms with van der Waals surface area (Å²) in [5, 5.41) is 17.0. The van der Waals surface area contributed by atoms with Crippen LogP contribution in [0.4, 0.5) is 10.2 Å². The minimum Gasteiger partial charge on any atom is -0.434 e. The Morgan fingerprint density at radius 3 is 2.65 bits per heavy atom. The SMILES string of the molecule is CC(C)[C@@H](C1CC(N2CCC3(CCCO3)C2)C1)N1CC2(CCN(c3ncnnc3Oc3ccc(F)cc3-c3nnccc3C3CC3)C2)C1. The van der Waals surface area contributed by atoms with E-state index in [0.29, 0.717) is 46.6 Å². The molecule has 0 radical (unpaired) electrons. The molecule has 4 aliphatic heterocycles. The minimum absolute atomic E-state index is 0.169. The van der Waals surface area contributed by atoms with Crippen molar-refractivity contribution in [1.29, 1.82) is 0 Å². The van der Waals surface area contributed by atoms with Gasteiger partial charge in [-0.1, -0.05) is 13.8 Å². The zero-order valence-electron chi connectivity index (χ0n) is 28.2. The topological polar surface area (TPSA) is 92.6 Å². The van der Waals surface area contributed by atoms with Gasteiger partial charge in [0, 0.05) is 75.1 Å². The summed E-state index contributed by atoms with van der Waals surface area (Å²) in [5.41, 5.74) is 2.73. The number of hydrogen-bond donors (Lipinski definition) is 0. The lowest BCUT2D eigenvalue weighted by molar-refractivity contribution is -0.0807. The molecule has 9 rings (SSSR count). The van der Waals surface area contributed by atoms with E-state index in [1.54, 1.807) is 12.3 Å². The number of likely N-dealkylation sites (tertiary alicyclic amines) is 2. The van der Waals surface area contributed by atoms with Crippen LogP contribution >= 0.6 is 0 Å². The Morgan fingerprint density at radius 1 is 0.979 bits per heavy atom. The fourth-order valence-electron chi connectivity index (χ4n) is 9.83. The van der Waals surface area contributed by atoms with Gasteiger partial charge in [0.1, 0.15) is 23.6 Å². The summed E-state index contributed by atoms with van der Waals surface area (Å²) in [6.45, 7) is 12.2. The number of ether oxygens (including phenoxy) is 2. The van der Waals surface area contributed by atoms with Crippen LogP contribution in [-0.4, -0.2) is 98.7 Å². The molecule has 4 saturated heterocycles. The zero-order valence-corrected chi connectivity index (χ0v) is 28.2. The number of hydrogen-bond acceptors (Lipinski definition) is 10. The highest BCUT2D eigenvalue weighted by atomic mass is 19.1. The van der Waals surface area contributed by atoms with Gasteiger partial charge < -0.3 is 14.4 Å². The van der Waals surface area contributed by atoms with Crippen molar-refractivity contribution in [2.24, 2.45) is 17.3 Å². The van der Waals surface area contributed by atoms with E-state index in [-0.39, 0.29) is 16.8 Å². The van der Waals surface area contributed by atoms with Gasteiger partial charge in [-0.2, -0.15) is 10.2 Å². The van der Waals surface area contributed by atoms with E-state index in [4.69, 9.17) is 9.47 Å². The van der Waals surface area contributed by atoms with Gasteiger partial charge in [0.15, 0.2) is 5.82 Å². The molecule has 0 amide bonds. The van der Waals surface area contributed by atoms with Crippen molar-refractivity contribution < 1.29 is 13.9 Å². The zero-order chi connectivity index (χ0) is 32.5. The number of rotatable bonds is 9. The second-order valence-corrected chi connectivity index (χ2v) is 16.0. The van der Waals surface area contributed by atoms with Crippen LogP contribution in [0, 0.1) is 23.1 Å². The molecule has 10 nitrogen and oxygen atoms in total. The van der Waals surface area contributed by atoms with E-state index < -0.39 is 0 Å². The molecule has 3 aromatic rings. The van der Waals surface area contributed by atoms with Gasteiger partial charge in [-0.05, 0) is 98.9 Å². The van der Waals surface area contributed by atoms with Crippen molar-refractivity contribution >= 4 is 5.82 Å². The highest BCUT2D eigenvalue weighted by Gasteiger charge is 2.54.